The fraction of sp³-hybridized carbons (Fsp3) is 0.381. The van der Waals surface area contributed by atoms with Gasteiger partial charge in [-0.15, -0.1) is 10.2 Å². The molecule has 1 aliphatic heterocycles. The first-order valence-electron chi connectivity index (χ1n) is 10.4. The minimum atomic E-state index is -0.279. The van der Waals surface area contributed by atoms with E-state index < -0.39 is 0 Å². The highest BCUT2D eigenvalue weighted by atomic mass is 19.1. The smallest absolute Gasteiger partial charge is 0.206 e. The molecule has 4 aromatic rings. The van der Waals surface area contributed by atoms with Crippen LogP contribution < -0.4 is 4.90 Å². The monoisotopic (exact) mass is 407 g/mol. The van der Waals surface area contributed by atoms with Gasteiger partial charge in [-0.05, 0) is 34.5 Å². The number of fused-ring (bicyclic) bond motifs is 1. The molecule has 0 unspecified atom stereocenters. The highest BCUT2D eigenvalue weighted by Crippen LogP contribution is 2.22. The first-order valence-corrected chi connectivity index (χ1v) is 10.4. The van der Waals surface area contributed by atoms with Crippen LogP contribution in [0, 0.1) is 5.82 Å². The van der Waals surface area contributed by atoms with Crippen molar-refractivity contribution < 1.29 is 9.29 Å². The Hall–Kier alpha value is -3.20. The van der Waals surface area contributed by atoms with Gasteiger partial charge in [0.05, 0.1) is 24.6 Å². The SMILES string of the molecule is Fc1ccc2c(c1)nnn2C1CC[NH+](Cc2nnnn2CCc2ccccc2)CC1. The minimum absolute atomic E-state index is 0.279. The quantitative estimate of drug-likeness (QED) is 0.520. The van der Waals surface area contributed by atoms with Crippen molar-refractivity contribution in [2.75, 3.05) is 13.1 Å². The van der Waals surface area contributed by atoms with Gasteiger partial charge < -0.3 is 4.90 Å². The van der Waals surface area contributed by atoms with Crippen LogP contribution in [0.15, 0.2) is 48.5 Å². The van der Waals surface area contributed by atoms with Gasteiger partial charge in [-0.25, -0.2) is 13.8 Å². The molecular formula is C21H24FN8+. The number of piperidine rings is 1. The molecule has 2 aromatic heterocycles. The first-order chi connectivity index (χ1) is 14.8. The minimum Gasteiger partial charge on any atom is -0.328 e. The summed E-state index contributed by atoms with van der Waals surface area (Å²) in [7, 11) is 0. The molecule has 0 saturated carbocycles. The Kier molecular flexibility index (Phi) is 5.18. The van der Waals surface area contributed by atoms with E-state index >= 15 is 0 Å². The number of nitrogens with zero attached hydrogens (tertiary/aromatic N) is 7. The Labute approximate surface area is 173 Å². The summed E-state index contributed by atoms with van der Waals surface area (Å²) in [6, 6.07) is 15.4. The van der Waals surface area contributed by atoms with E-state index in [1.165, 1.54) is 22.6 Å². The molecule has 1 aliphatic rings. The van der Waals surface area contributed by atoms with E-state index in [-0.39, 0.29) is 5.82 Å². The molecule has 0 atom stereocenters. The molecule has 154 valence electrons. The average molecular weight is 407 g/mol. The number of hydrogen-bond acceptors (Lipinski definition) is 5. The van der Waals surface area contributed by atoms with E-state index in [0.717, 1.165) is 56.8 Å². The molecule has 0 aliphatic carbocycles. The van der Waals surface area contributed by atoms with Crippen molar-refractivity contribution in [3.05, 3.63) is 65.7 Å². The molecular weight excluding hydrogens is 383 g/mol. The predicted molar refractivity (Wildman–Crippen MR) is 108 cm³/mol. The maximum Gasteiger partial charge on any atom is 0.206 e. The van der Waals surface area contributed by atoms with E-state index in [1.807, 2.05) is 15.4 Å². The number of aryl methyl sites for hydroxylation is 2. The number of aromatic nitrogens is 7. The zero-order valence-electron chi connectivity index (χ0n) is 16.7. The summed E-state index contributed by atoms with van der Waals surface area (Å²) in [6.07, 6.45) is 2.91. The number of halogens is 1. The second-order valence-electron chi connectivity index (χ2n) is 7.88. The predicted octanol–water partition coefficient (Wildman–Crippen LogP) is 1.22. The van der Waals surface area contributed by atoms with Gasteiger partial charge in [0, 0.05) is 25.5 Å². The average Bonchev–Trinajstić information content (AvgIpc) is 3.40. The molecule has 0 amide bonds. The molecule has 2 aromatic carbocycles. The van der Waals surface area contributed by atoms with Crippen LogP contribution in [-0.2, 0) is 19.5 Å². The molecule has 0 spiro atoms. The van der Waals surface area contributed by atoms with Crippen LogP contribution in [-0.4, -0.2) is 48.3 Å². The van der Waals surface area contributed by atoms with Crippen LogP contribution in [0.1, 0.15) is 30.3 Å². The van der Waals surface area contributed by atoms with Gasteiger partial charge in [0.15, 0.2) is 0 Å². The van der Waals surface area contributed by atoms with E-state index in [4.69, 9.17) is 0 Å². The molecule has 8 nitrogen and oxygen atoms in total. The van der Waals surface area contributed by atoms with Gasteiger partial charge >= 0.3 is 0 Å². The van der Waals surface area contributed by atoms with E-state index in [1.54, 1.807) is 6.07 Å². The first kappa shape index (κ1) is 18.8. The highest BCUT2D eigenvalue weighted by Gasteiger charge is 2.27. The van der Waals surface area contributed by atoms with Crippen LogP contribution >= 0.6 is 0 Å². The number of hydrogen-bond donors (Lipinski definition) is 1. The van der Waals surface area contributed by atoms with Crippen molar-refractivity contribution in [1.82, 2.24) is 35.2 Å². The third-order valence-electron chi connectivity index (χ3n) is 5.91. The molecule has 30 heavy (non-hydrogen) atoms. The van der Waals surface area contributed by atoms with Crippen LogP contribution in [0.2, 0.25) is 0 Å². The lowest BCUT2D eigenvalue weighted by Crippen LogP contribution is -3.11. The standard InChI is InChI=1S/C21H23FN8/c22-17-6-7-20-19(14-17)23-26-30(20)18-9-11-28(12-10-18)15-21-24-25-27-29(21)13-8-16-4-2-1-3-5-16/h1-7,14,18H,8-13,15H2/p+1. The van der Waals surface area contributed by atoms with E-state index in [0.29, 0.717) is 11.6 Å². The summed E-state index contributed by atoms with van der Waals surface area (Å²) in [5, 5.41) is 20.7. The number of likely N-dealkylation sites (tertiary alicyclic amines) is 1. The van der Waals surface area contributed by atoms with Crippen LogP contribution in [0.25, 0.3) is 11.0 Å². The Morgan fingerprint density at radius 2 is 1.83 bits per heavy atom. The Bertz CT molecular complexity index is 1110. The largest absolute Gasteiger partial charge is 0.328 e. The second kappa shape index (κ2) is 8.27. The van der Waals surface area contributed by atoms with Gasteiger partial charge in [0.1, 0.15) is 17.9 Å². The number of benzene rings is 2. The summed E-state index contributed by atoms with van der Waals surface area (Å²) >= 11 is 0. The fourth-order valence-corrected chi connectivity index (χ4v) is 4.24. The molecule has 1 N–H and O–H groups in total. The van der Waals surface area contributed by atoms with Crippen molar-refractivity contribution in [1.29, 1.82) is 0 Å². The number of quaternary nitrogens is 1. The van der Waals surface area contributed by atoms with Crippen LogP contribution in [0.3, 0.4) is 0 Å². The highest BCUT2D eigenvalue weighted by molar-refractivity contribution is 5.74. The molecule has 0 bridgehead atoms. The van der Waals surface area contributed by atoms with Gasteiger partial charge in [-0.2, -0.15) is 0 Å². The van der Waals surface area contributed by atoms with E-state index in [9.17, 15) is 4.39 Å². The maximum absolute atomic E-state index is 13.4. The lowest BCUT2D eigenvalue weighted by molar-refractivity contribution is -0.920. The van der Waals surface area contributed by atoms with Crippen molar-refractivity contribution in [3.8, 4) is 0 Å². The lowest BCUT2D eigenvalue weighted by Gasteiger charge is -2.29. The zero-order chi connectivity index (χ0) is 20.3. The van der Waals surface area contributed by atoms with Gasteiger partial charge in [-0.1, -0.05) is 35.5 Å². The van der Waals surface area contributed by atoms with Crippen LogP contribution in [0.4, 0.5) is 4.39 Å². The fourth-order valence-electron chi connectivity index (χ4n) is 4.24. The Morgan fingerprint density at radius 3 is 2.67 bits per heavy atom. The Balaban J connectivity index is 1.19. The molecule has 3 heterocycles. The summed E-state index contributed by atoms with van der Waals surface area (Å²) in [5.41, 5.74) is 2.80. The summed E-state index contributed by atoms with van der Waals surface area (Å²) in [4.78, 5) is 1.47. The van der Waals surface area contributed by atoms with Gasteiger partial charge in [0.25, 0.3) is 0 Å². The maximum atomic E-state index is 13.4. The number of rotatable bonds is 6. The van der Waals surface area contributed by atoms with Gasteiger partial charge in [-0.3, -0.25) is 0 Å². The second-order valence-corrected chi connectivity index (χ2v) is 7.88. The van der Waals surface area contributed by atoms with Crippen molar-refractivity contribution in [2.45, 2.75) is 38.4 Å². The molecule has 0 radical (unpaired) electrons. The molecule has 5 rings (SSSR count). The van der Waals surface area contributed by atoms with Gasteiger partial charge in [0.2, 0.25) is 5.82 Å². The summed E-state index contributed by atoms with van der Waals surface area (Å²) in [5.74, 6) is 0.653. The van der Waals surface area contributed by atoms with Crippen molar-refractivity contribution >= 4 is 11.0 Å². The van der Waals surface area contributed by atoms with Crippen molar-refractivity contribution in [2.24, 2.45) is 0 Å². The molecule has 9 heteroatoms. The Morgan fingerprint density at radius 1 is 1.00 bits per heavy atom. The normalized spacial score (nSPS) is 19.4. The van der Waals surface area contributed by atoms with Crippen LogP contribution in [0.5, 0.6) is 0 Å². The number of tetrazole rings is 1. The summed E-state index contributed by atoms with van der Waals surface area (Å²) in [6.45, 7) is 3.62. The lowest BCUT2D eigenvalue weighted by atomic mass is 10.0. The number of nitrogens with one attached hydrogen (secondary N) is 1. The third kappa shape index (κ3) is 3.93. The zero-order valence-corrected chi connectivity index (χ0v) is 16.7. The molecule has 1 fully saturated rings. The molecule has 1 saturated heterocycles. The third-order valence-corrected chi connectivity index (χ3v) is 5.91. The summed E-state index contributed by atoms with van der Waals surface area (Å²) < 4.78 is 17.3. The van der Waals surface area contributed by atoms with Crippen molar-refractivity contribution in [3.63, 3.8) is 0 Å². The topological polar surface area (TPSA) is 78.8 Å². The van der Waals surface area contributed by atoms with E-state index in [2.05, 4.69) is 50.1 Å².